The van der Waals surface area contributed by atoms with Gasteiger partial charge in [-0.3, -0.25) is 19.3 Å². The van der Waals surface area contributed by atoms with E-state index >= 15 is 0 Å². The van der Waals surface area contributed by atoms with E-state index in [1.807, 2.05) is 54.7 Å². The van der Waals surface area contributed by atoms with Crippen molar-refractivity contribution in [3.63, 3.8) is 0 Å². The van der Waals surface area contributed by atoms with E-state index in [-0.39, 0.29) is 4.91 Å². The van der Waals surface area contributed by atoms with Crippen molar-refractivity contribution in [3.8, 4) is 0 Å². The second-order valence-corrected chi connectivity index (χ2v) is 7.95. The third-order valence-electron chi connectivity index (χ3n) is 4.54. The number of carboxylic acids is 1. The van der Waals surface area contributed by atoms with Gasteiger partial charge in [-0.25, -0.2) is 0 Å². The van der Waals surface area contributed by atoms with Gasteiger partial charge >= 0.3 is 5.97 Å². The molecule has 6 nitrogen and oxygen atoms in total. The maximum atomic E-state index is 12.5. The normalized spacial score (nSPS) is 15.6. The lowest BCUT2D eigenvalue weighted by atomic mass is 10.1. The molecule has 3 aromatic rings. The lowest BCUT2D eigenvalue weighted by molar-refractivity contribution is -0.140. The van der Waals surface area contributed by atoms with E-state index in [2.05, 4.69) is 4.57 Å². The Morgan fingerprint density at radius 1 is 1.10 bits per heavy atom. The van der Waals surface area contributed by atoms with E-state index in [4.69, 9.17) is 16.7 Å². The largest absolute Gasteiger partial charge is 0.480 e. The molecule has 1 aliphatic rings. The molecule has 1 aromatic heterocycles. The number of halogens is 1. The summed E-state index contributed by atoms with van der Waals surface area (Å²) in [6, 6.07) is 15.3. The number of amides is 2. The van der Waals surface area contributed by atoms with Crippen LogP contribution in [0.2, 0.25) is 5.02 Å². The van der Waals surface area contributed by atoms with E-state index in [0.717, 1.165) is 38.7 Å². The van der Waals surface area contributed by atoms with Gasteiger partial charge in [-0.05, 0) is 41.6 Å². The number of hydrogen-bond acceptors (Lipinski definition) is 4. The van der Waals surface area contributed by atoms with Gasteiger partial charge in [0.25, 0.3) is 11.1 Å². The Hall–Kier alpha value is -3.03. The fraction of sp³-hybridized carbons (Fsp3) is 0.0952. The minimum atomic E-state index is -1.23. The summed E-state index contributed by atoms with van der Waals surface area (Å²) in [4.78, 5) is 36.3. The third kappa shape index (κ3) is 3.92. The van der Waals surface area contributed by atoms with E-state index in [1.54, 1.807) is 6.08 Å². The number of hydrogen-bond donors (Lipinski definition) is 1. The number of benzene rings is 2. The van der Waals surface area contributed by atoms with Crippen LogP contribution in [0, 0.1) is 0 Å². The molecule has 0 aliphatic carbocycles. The maximum Gasteiger partial charge on any atom is 0.323 e. The minimum Gasteiger partial charge on any atom is -0.480 e. The molecule has 2 amide bonds. The molecule has 0 spiro atoms. The Balaban J connectivity index is 1.70. The molecule has 0 radical (unpaired) electrons. The quantitative estimate of drug-likeness (QED) is 0.609. The topological polar surface area (TPSA) is 79.6 Å². The molecule has 8 heteroatoms. The predicted octanol–water partition coefficient (Wildman–Crippen LogP) is 4.46. The number of aliphatic carboxylic acids is 1. The molecule has 1 aliphatic heterocycles. The summed E-state index contributed by atoms with van der Waals surface area (Å²) < 4.78 is 2.06. The van der Waals surface area contributed by atoms with Gasteiger partial charge in [0.2, 0.25) is 0 Å². The summed E-state index contributed by atoms with van der Waals surface area (Å²) in [5, 5.41) is 9.93. The van der Waals surface area contributed by atoms with Crippen LogP contribution in [0.5, 0.6) is 0 Å². The van der Waals surface area contributed by atoms with E-state index in [9.17, 15) is 14.4 Å². The molecule has 29 heavy (non-hydrogen) atoms. The van der Waals surface area contributed by atoms with Crippen LogP contribution in [0.4, 0.5) is 4.79 Å². The number of thioether (sulfide) groups is 1. The zero-order valence-corrected chi connectivity index (χ0v) is 16.6. The van der Waals surface area contributed by atoms with Crippen LogP contribution in [0.25, 0.3) is 17.0 Å². The zero-order valence-electron chi connectivity index (χ0n) is 15.0. The van der Waals surface area contributed by atoms with Crippen molar-refractivity contribution in [1.29, 1.82) is 0 Å². The fourth-order valence-electron chi connectivity index (χ4n) is 3.22. The molecule has 0 bridgehead atoms. The Morgan fingerprint density at radius 2 is 1.83 bits per heavy atom. The summed E-state index contributed by atoms with van der Waals surface area (Å²) in [5.74, 6) is -1.81. The van der Waals surface area contributed by atoms with Gasteiger partial charge in [0, 0.05) is 34.2 Å². The average Bonchev–Trinajstić information content (AvgIpc) is 3.16. The Bertz CT molecular complexity index is 1170. The lowest BCUT2D eigenvalue weighted by Crippen LogP contribution is -2.33. The first-order valence-corrected chi connectivity index (χ1v) is 9.91. The molecule has 1 fully saturated rings. The van der Waals surface area contributed by atoms with Crippen molar-refractivity contribution >= 4 is 57.5 Å². The lowest BCUT2D eigenvalue weighted by Gasteiger charge is -2.07. The van der Waals surface area contributed by atoms with Crippen LogP contribution in [0.3, 0.4) is 0 Å². The molecule has 2 heterocycles. The number of imide groups is 1. The fourth-order valence-corrected chi connectivity index (χ4v) is 4.18. The van der Waals surface area contributed by atoms with Crippen LogP contribution < -0.4 is 0 Å². The van der Waals surface area contributed by atoms with E-state index in [1.165, 1.54) is 0 Å². The predicted molar refractivity (Wildman–Crippen MR) is 113 cm³/mol. The van der Waals surface area contributed by atoms with Gasteiger partial charge in [0.1, 0.15) is 6.54 Å². The number of para-hydroxylation sites is 1. The van der Waals surface area contributed by atoms with Crippen molar-refractivity contribution in [3.05, 3.63) is 75.8 Å². The van der Waals surface area contributed by atoms with Crippen LogP contribution in [-0.4, -0.2) is 38.2 Å². The van der Waals surface area contributed by atoms with Crippen LogP contribution in [-0.2, 0) is 16.1 Å². The first-order valence-electron chi connectivity index (χ1n) is 8.72. The maximum absolute atomic E-state index is 12.5. The molecule has 0 saturated carbocycles. The van der Waals surface area contributed by atoms with Crippen LogP contribution >= 0.6 is 23.4 Å². The number of carbonyl (C=O) groups excluding carboxylic acids is 2. The number of fused-ring (bicyclic) bond motifs is 1. The monoisotopic (exact) mass is 426 g/mol. The van der Waals surface area contributed by atoms with Gasteiger partial charge in [-0.15, -0.1) is 0 Å². The number of carboxylic acid groups (broad SMARTS) is 1. The minimum absolute atomic E-state index is 0.214. The first-order chi connectivity index (χ1) is 13.9. The molecule has 0 unspecified atom stereocenters. The highest BCUT2D eigenvalue weighted by atomic mass is 35.5. The van der Waals surface area contributed by atoms with Crippen molar-refractivity contribution in [2.75, 3.05) is 6.54 Å². The van der Waals surface area contributed by atoms with E-state index in [0.29, 0.717) is 11.6 Å². The molecule has 4 rings (SSSR count). The summed E-state index contributed by atoms with van der Waals surface area (Å²) in [5.41, 5.74) is 2.84. The Labute approximate surface area is 175 Å². The first kappa shape index (κ1) is 19.3. The Kier molecular flexibility index (Phi) is 5.17. The molecule has 146 valence electrons. The summed E-state index contributed by atoms with van der Waals surface area (Å²) in [6.45, 7) is -0.0215. The highest BCUT2D eigenvalue weighted by Gasteiger charge is 2.36. The number of carbonyl (C=O) groups is 3. The summed E-state index contributed by atoms with van der Waals surface area (Å²) >= 11 is 6.71. The number of nitrogens with zero attached hydrogens (tertiary/aromatic N) is 2. The second-order valence-electron chi connectivity index (χ2n) is 6.52. The highest BCUT2D eigenvalue weighted by Crippen LogP contribution is 2.34. The van der Waals surface area contributed by atoms with Crippen molar-refractivity contribution < 1.29 is 19.5 Å². The summed E-state index contributed by atoms with van der Waals surface area (Å²) in [6.07, 6.45) is 3.57. The SMILES string of the molecule is O=C(O)CN1C(=O)S/C(=C/c2cn(Cc3ccc(Cl)cc3)c3ccccc23)C1=O. The van der Waals surface area contributed by atoms with Gasteiger partial charge in [0.05, 0.1) is 4.91 Å². The molecule has 1 N–H and O–H groups in total. The molecule has 2 aromatic carbocycles. The zero-order chi connectivity index (χ0) is 20.5. The second kappa shape index (κ2) is 7.77. The van der Waals surface area contributed by atoms with Crippen molar-refractivity contribution in [1.82, 2.24) is 9.47 Å². The van der Waals surface area contributed by atoms with E-state index < -0.39 is 23.7 Å². The van der Waals surface area contributed by atoms with Gasteiger partial charge in [-0.1, -0.05) is 41.9 Å². The smallest absolute Gasteiger partial charge is 0.323 e. The van der Waals surface area contributed by atoms with Gasteiger partial charge < -0.3 is 9.67 Å². The van der Waals surface area contributed by atoms with Crippen molar-refractivity contribution in [2.24, 2.45) is 0 Å². The van der Waals surface area contributed by atoms with Crippen LogP contribution in [0.15, 0.2) is 59.6 Å². The highest BCUT2D eigenvalue weighted by molar-refractivity contribution is 8.18. The average molecular weight is 427 g/mol. The molecule has 1 saturated heterocycles. The number of rotatable bonds is 5. The molecule has 0 atom stereocenters. The van der Waals surface area contributed by atoms with Crippen molar-refractivity contribution in [2.45, 2.75) is 6.54 Å². The molecular weight excluding hydrogens is 412 g/mol. The van der Waals surface area contributed by atoms with Gasteiger partial charge in [-0.2, -0.15) is 0 Å². The summed E-state index contributed by atoms with van der Waals surface area (Å²) in [7, 11) is 0. The van der Waals surface area contributed by atoms with Gasteiger partial charge in [0.15, 0.2) is 0 Å². The Morgan fingerprint density at radius 3 is 2.55 bits per heavy atom. The third-order valence-corrected chi connectivity index (χ3v) is 5.70. The molecular formula is C21H15ClN2O4S. The standard InChI is InChI=1S/C21H15ClN2O4S/c22-15-7-5-13(6-8-15)10-23-11-14(16-3-1-2-4-17(16)23)9-18-20(27)24(12-19(25)26)21(28)29-18/h1-9,11H,10,12H2,(H,25,26)/b18-9+. The van der Waals surface area contributed by atoms with Crippen LogP contribution in [0.1, 0.15) is 11.1 Å². The number of aromatic nitrogens is 1.